The largest absolute Gasteiger partial charge is 0.494 e. The van der Waals surface area contributed by atoms with Crippen LogP contribution in [0.1, 0.15) is 56.8 Å². The van der Waals surface area contributed by atoms with Crippen molar-refractivity contribution >= 4 is 11.9 Å². The van der Waals surface area contributed by atoms with Gasteiger partial charge in [0.1, 0.15) is 11.8 Å². The SMILES string of the molecule is CCCCCCOc1ccc(C(=O)N[C@@H](C(=O)O)C(C)C)cc1. The lowest BCUT2D eigenvalue weighted by molar-refractivity contribution is -0.140. The lowest BCUT2D eigenvalue weighted by Gasteiger charge is -2.18. The third-order valence-corrected chi connectivity index (χ3v) is 3.60. The molecule has 5 heteroatoms. The Morgan fingerprint density at radius 1 is 1.13 bits per heavy atom. The van der Waals surface area contributed by atoms with Crippen LogP contribution in [0.25, 0.3) is 0 Å². The number of rotatable bonds is 10. The van der Waals surface area contributed by atoms with Gasteiger partial charge in [-0.1, -0.05) is 40.0 Å². The van der Waals surface area contributed by atoms with Crippen LogP contribution in [0.3, 0.4) is 0 Å². The van der Waals surface area contributed by atoms with E-state index in [2.05, 4.69) is 12.2 Å². The molecule has 0 aliphatic rings. The number of hydrogen-bond acceptors (Lipinski definition) is 3. The summed E-state index contributed by atoms with van der Waals surface area (Å²) in [4.78, 5) is 23.2. The second-order valence-corrected chi connectivity index (χ2v) is 5.97. The summed E-state index contributed by atoms with van der Waals surface area (Å²) >= 11 is 0. The van der Waals surface area contributed by atoms with E-state index in [1.807, 2.05) is 0 Å². The van der Waals surface area contributed by atoms with E-state index in [1.165, 1.54) is 12.8 Å². The molecule has 1 rings (SSSR count). The maximum Gasteiger partial charge on any atom is 0.326 e. The van der Waals surface area contributed by atoms with Crippen molar-refractivity contribution in [2.45, 2.75) is 52.5 Å². The summed E-state index contributed by atoms with van der Waals surface area (Å²) in [5.41, 5.74) is 0.426. The van der Waals surface area contributed by atoms with Gasteiger partial charge in [0.25, 0.3) is 5.91 Å². The van der Waals surface area contributed by atoms with Gasteiger partial charge < -0.3 is 15.2 Å². The van der Waals surface area contributed by atoms with Crippen LogP contribution in [-0.2, 0) is 4.79 Å². The molecule has 1 aromatic carbocycles. The summed E-state index contributed by atoms with van der Waals surface area (Å²) in [6.45, 7) is 6.35. The van der Waals surface area contributed by atoms with Crippen LogP contribution in [0.5, 0.6) is 5.75 Å². The summed E-state index contributed by atoms with van der Waals surface area (Å²) in [6.07, 6.45) is 4.58. The van der Waals surface area contributed by atoms with Crippen LogP contribution < -0.4 is 10.1 Å². The van der Waals surface area contributed by atoms with Crippen LogP contribution in [-0.4, -0.2) is 29.6 Å². The van der Waals surface area contributed by atoms with Crippen LogP contribution in [0.15, 0.2) is 24.3 Å². The average Bonchev–Trinajstić information content (AvgIpc) is 2.52. The van der Waals surface area contributed by atoms with E-state index in [-0.39, 0.29) is 11.8 Å². The fourth-order valence-corrected chi connectivity index (χ4v) is 2.16. The molecule has 0 aliphatic carbocycles. The van der Waals surface area contributed by atoms with E-state index >= 15 is 0 Å². The Morgan fingerprint density at radius 3 is 2.30 bits per heavy atom. The molecule has 0 fully saturated rings. The van der Waals surface area contributed by atoms with Crippen molar-refractivity contribution in [3.05, 3.63) is 29.8 Å². The minimum absolute atomic E-state index is 0.179. The van der Waals surface area contributed by atoms with Crippen LogP contribution in [0, 0.1) is 5.92 Å². The number of amides is 1. The smallest absolute Gasteiger partial charge is 0.326 e. The summed E-state index contributed by atoms with van der Waals surface area (Å²) < 4.78 is 5.62. The quantitative estimate of drug-likeness (QED) is 0.647. The summed E-state index contributed by atoms with van der Waals surface area (Å²) in [7, 11) is 0. The molecule has 1 aromatic rings. The normalized spacial score (nSPS) is 12.0. The molecule has 23 heavy (non-hydrogen) atoms. The minimum Gasteiger partial charge on any atom is -0.494 e. The highest BCUT2D eigenvalue weighted by molar-refractivity contribution is 5.96. The van der Waals surface area contributed by atoms with Crippen LogP contribution >= 0.6 is 0 Å². The van der Waals surface area contributed by atoms with Crippen molar-refractivity contribution in [3.63, 3.8) is 0 Å². The molecule has 0 heterocycles. The van der Waals surface area contributed by atoms with Crippen LogP contribution in [0.2, 0.25) is 0 Å². The van der Waals surface area contributed by atoms with E-state index in [9.17, 15) is 9.59 Å². The highest BCUT2D eigenvalue weighted by atomic mass is 16.5. The molecule has 0 unspecified atom stereocenters. The number of hydrogen-bond donors (Lipinski definition) is 2. The lowest BCUT2D eigenvalue weighted by atomic mass is 10.0. The molecule has 0 saturated heterocycles. The predicted octanol–water partition coefficient (Wildman–Crippen LogP) is 3.48. The van der Waals surface area contributed by atoms with E-state index in [4.69, 9.17) is 9.84 Å². The standard InChI is InChI=1S/C18H27NO4/c1-4-5-6-7-12-23-15-10-8-14(9-11-15)17(20)19-16(13(2)3)18(21)22/h8-11,13,16H,4-7,12H2,1-3H3,(H,19,20)(H,21,22)/t16-/m1/s1. The minimum atomic E-state index is -1.03. The molecule has 128 valence electrons. The van der Waals surface area contributed by atoms with Gasteiger partial charge in [-0.05, 0) is 36.6 Å². The van der Waals surface area contributed by atoms with Gasteiger partial charge in [-0.25, -0.2) is 4.79 Å². The number of ether oxygens (including phenoxy) is 1. The molecule has 0 aliphatic heterocycles. The molecule has 0 saturated carbocycles. The highest BCUT2D eigenvalue weighted by Gasteiger charge is 2.23. The first-order chi connectivity index (χ1) is 11.0. The second kappa shape index (κ2) is 9.87. The Balaban J connectivity index is 2.52. The van der Waals surface area contributed by atoms with Crippen molar-refractivity contribution in [1.29, 1.82) is 0 Å². The second-order valence-electron chi connectivity index (χ2n) is 5.97. The van der Waals surface area contributed by atoms with E-state index in [0.29, 0.717) is 12.2 Å². The maximum atomic E-state index is 12.1. The first-order valence-corrected chi connectivity index (χ1v) is 8.22. The number of benzene rings is 1. The molecular weight excluding hydrogens is 294 g/mol. The monoisotopic (exact) mass is 321 g/mol. The van der Waals surface area contributed by atoms with Crippen molar-refractivity contribution in [1.82, 2.24) is 5.32 Å². The van der Waals surface area contributed by atoms with Gasteiger partial charge in [0.2, 0.25) is 0 Å². The van der Waals surface area contributed by atoms with Gasteiger partial charge in [0.15, 0.2) is 0 Å². The Bertz CT molecular complexity index is 496. The van der Waals surface area contributed by atoms with Gasteiger partial charge >= 0.3 is 5.97 Å². The van der Waals surface area contributed by atoms with E-state index < -0.39 is 12.0 Å². The van der Waals surface area contributed by atoms with Gasteiger partial charge in [-0.2, -0.15) is 0 Å². The molecule has 1 atom stereocenters. The number of nitrogens with one attached hydrogen (secondary N) is 1. The number of aliphatic carboxylic acids is 1. The number of carbonyl (C=O) groups excluding carboxylic acids is 1. The average molecular weight is 321 g/mol. The molecular formula is C18H27NO4. The highest BCUT2D eigenvalue weighted by Crippen LogP contribution is 2.14. The Morgan fingerprint density at radius 2 is 1.78 bits per heavy atom. The Kier molecular flexibility index (Phi) is 8.16. The number of carboxylic acids is 1. The summed E-state index contributed by atoms with van der Waals surface area (Å²) in [5.74, 6) is -0.875. The van der Waals surface area contributed by atoms with Crippen LogP contribution in [0.4, 0.5) is 0 Å². The van der Waals surface area contributed by atoms with Crippen molar-refractivity contribution in [2.24, 2.45) is 5.92 Å². The van der Waals surface area contributed by atoms with Gasteiger partial charge in [0.05, 0.1) is 6.61 Å². The van der Waals surface area contributed by atoms with E-state index in [1.54, 1.807) is 38.1 Å². The molecule has 0 aromatic heterocycles. The molecule has 0 bridgehead atoms. The predicted molar refractivity (Wildman–Crippen MR) is 89.8 cm³/mol. The number of unbranched alkanes of at least 4 members (excludes halogenated alkanes) is 3. The number of carbonyl (C=O) groups is 2. The fraction of sp³-hybridized carbons (Fsp3) is 0.556. The molecule has 0 spiro atoms. The maximum absolute atomic E-state index is 12.1. The zero-order valence-electron chi connectivity index (χ0n) is 14.2. The van der Waals surface area contributed by atoms with Crippen molar-refractivity contribution in [3.8, 4) is 5.75 Å². The third-order valence-electron chi connectivity index (χ3n) is 3.60. The third kappa shape index (κ3) is 6.72. The fourth-order valence-electron chi connectivity index (χ4n) is 2.16. The van der Waals surface area contributed by atoms with E-state index in [0.717, 1.165) is 18.6 Å². The first-order valence-electron chi connectivity index (χ1n) is 8.22. The Labute approximate surface area is 138 Å². The molecule has 1 amide bonds. The summed E-state index contributed by atoms with van der Waals surface area (Å²) in [5, 5.41) is 11.6. The molecule has 2 N–H and O–H groups in total. The lowest BCUT2D eigenvalue weighted by Crippen LogP contribution is -2.44. The Hall–Kier alpha value is -2.04. The summed E-state index contributed by atoms with van der Waals surface area (Å²) in [6, 6.07) is 5.88. The van der Waals surface area contributed by atoms with Crippen molar-refractivity contribution < 1.29 is 19.4 Å². The van der Waals surface area contributed by atoms with Crippen molar-refractivity contribution in [2.75, 3.05) is 6.61 Å². The zero-order valence-corrected chi connectivity index (χ0v) is 14.2. The zero-order chi connectivity index (χ0) is 17.2. The van der Waals surface area contributed by atoms with Gasteiger partial charge in [0, 0.05) is 5.56 Å². The molecule has 0 radical (unpaired) electrons. The van der Waals surface area contributed by atoms with Gasteiger partial charge in [-0.3, -0.25) is 4.79 Å². The number of carboxylic acid groups (broad SMARTS) is 1. The van der Waals surface area contributed by atoms with Gasteiger partial charge in [-0.15, -0.1) is 0 Å². The molecule has 5 nitrogen and oxygen atoms in total. The topological polar surface area (TPSA) is 75.6 Å². The first kappa shape index (κ1) is 19.0.